The van der Waals surface area contributed by atoms with Gasteiger partial charge in [-0.1, -0.05) is 13.0 Å². The van der Waals surface area contributed by atoms with Crippen molar-refractivity contribution in [2.45, 2.75) is 13.3 Å². The fourth-order valence-corrected chi connectivity index (χ4v) is 2.77. The van der Waals surface area contributed by atoms with E-state index in [0.29, 0.717) is 34.3 Å². The maximum absolute atomic E-state index is 12.9. The van der Waals surface area contributed by atoms with Crippen molar-refractivity contribution < 1.29 is 14.3 Å². The van der Waals surface area contributed by atoms with E-state index >= 15 is 0 Å². The number of ether oxygens (including phenoxy) is 2. The Balaban J connectivity index is 1.66. The van der Waals surface area contributed by atoms with Gasteiger partial charge in [-0.05, 0) is 24.6 Å². The molecule has 9 nitrogen and oxygen atoms in total. The number of nitrogens with zero attached hydrogens (tertiary/aromatic N) is 5. The third kappa shape index (κ3) is 3.98. The van der Waals surface area contributed by atoms with E-state index in [4.69, 9.17) is 9.47 Å². The van der Waals surface area contributed by atoms with Crippen molar-refractivity contribution in [2.24, 2.45) is 0 Å². The van der Waals surface area contributed by atoms with E-state index in [9.17, 15) is 4.79 Å². The Bertz CT molecular complexity index is 1170. The van der Waals surface area contributed by atoms with Gasteiger partial charge in [-0.25, -0.2) is 4.98 Å². The molecule has 4 aromatic heterocycles. The molecule has 0 aliphatic rings. The molecule has 0 radical (unpaired) electrons. The van der Waals surface area contributed by atoms with Crippen molar-refractivity contribution in [3.8, 4) is 17.2 Å². The van der Waals surface area contributed by atoms with Crippen molar-refractivity contribution in [3.05, 3.63) is 66.5 Å². The highest BCUT2D eigenvalue weighted by molar-refractivity contribution is 6.08. The van der Waals surface area contributed by atoms with Gasteiger partial charge >= 0.3 is 0 Å². The molecule has 0 aliphatic heterocycles. The molecule has 1 amide bonds. The summed E-state index contributed by atoms with van der Waals surface area (Å²) in [7, 11) is 1.55. The number of aryl methyl sites for hydroxylation is 1. The second-order valence-electron chi connectivity index (χ2n) is 6.14. The number of carbonyl (C=O) groups excluding carboxylic acids is 1. The maximum Gasteiger partial charge on any atom is 0.260 e. The summed E-state index contributed by atoms with van der Waals surface area (Å²) < 4.78 is 12.6. The lowest BCUT2D eigenvalue weighted by molar-refractivity contribution is 0.102. The molecule has 4 rings (SSSR count). The number of anilines is 1. The van der Waals surface area contributed by atoms with Crippen LogP contribution in [0.3, 0.4) is 0 Å². The number of hydrogen-bond donors (Lipinski definition) is 1. The highest BCUT2D eigenvalue weighted by Crippen LogP contribution is 2.26. The first kappa shape index (κ1) is 18.4. The molecule has 0 bridgehead atoms. The molecular weight excluding hydrogens is 372 g/mol. The molecule has 4 aromatic rings. The molecule has 146 valence electrons. The Labute approximate surface area is 166 Å². The number of fused-ring (bicyclic) bond motifs is 1. The number of rotatable bonds is 6. The minimum atomic E-state index is -0.363. The van der Waals surface area contributed by atoms with Crippen molar-refractivity contribution in [1.82, 2.24) is 24.6 Å². The van der Waals surface area contributed by atoms with E-state index in [0.717, 1.165) is 12.1 Å². The summed E-state index contributed by atoms with van der Waals surface area (Å²) >= 11 is 0. The number of nitrogens with one attached hydrogen (secondary N) is 1. The lowest BCUT2D eigenvalue weighted by atomic mass is 10.2. The van der Waals surface area contributed by atoms with Crippen LogP contribution in [0, 0.1) is 0 Å². The summed E-state index contributed by atoms with van der Waals surface area (Å²) in [5.41, 5.74) is 1.60. The molecule has 29 heavy (non-hydrogen) atoms. The van der Waals surface area contributed by atoms with Gasteiger partial charge in [0.05, 0.1) is 31.3 Å². The molecule has 0 saturated carbocycles. The van der Waals surface area contributed by atoms with Crippen LogP contribution in [0.15, 0.2) is 55.2 Å². The van der Waals surface area contributed by atoms with Gasteiger partial charge in [-0.2, -0.15) is 0 Å². The minimum absolute atomic E-state index is 0.305. The summed E-state index contributed by atoms with van der Waals surface area (Å²) in [6, 6.07) is 8.79. The maximum atomic E-state index is 12.9. The summed E-state index contributed by atoms with van der Waals surface area (Å²) in [4.78, 5) is 21.4. The van der Waals surface area contributed by atoms with Crippen LogP contribution in [0.2, 0.25) is 0 Å². The monoisotopic (exact) mass is 390 g/mol. The van der Waals surface area contributed by atoms with Crippen LogP contribution in [0.4, 0.5) is 5.82 Å². The molecule has 0 fully saturated rings. The molecule has 0 aliphatic carbocycles. The second-order valence-corrected chi connectivity index (χ2v) is 6.14. The zero-order valence-electron chi connectivity index (χ0n) is 15.9. The van der Waals surface area contributed by atoms with E-state index in [2.05, 4.69) is 25.5 Å². The molecule has 4 heterocycles. The molecular formula is C20H18N6O3. The van der Waals surface area contributed by atoms with E-state index in [1.165, 1.54) is 6.33 Å². The summed E-state index contributed by atoms with van der Waals surface area (Å²) in [6.45, 7) is 2.00. The number of hydrogen-bond acceptors (Lipinski definition) is 7. The fourth-order valence-electron chi connectivity index (χ4n) is 2.77. The van der Waals surface area contributed by atoms with Gasteiger partial charge in [-0.15, -0.1) is 10.2 Å². The molecule has 9 heteroatoms. The fraction of sp³-hybridized carbons (Fsp3) is 0.150. The lowest BCUT2D eigenvalue weighted by Gasteiger charge is -2.10. The predicted molar refractivity (Wildman–Crippen MR) is 105 cm³/mol. The molecule has 1 N–H and O–H groups in total. The lowest BCUT2D eigenvalue weighted by Crippen LogP contribution is -2.15. The third-order valence-corrected chi connectivity index (χ3v) is 4.18. The number of amides is 1. The summed E-state index contributed by atoms with van der Waals surface area (Å²) in [6.07, 6.45) is 7.08. The Morgan fingerprint density at radius 1 is 1.17 bits per heavy atom. The average Bonchev–Trinajstić information content (AvgIpc) is 3.22. The smallest absolute Gasteiger partial charge is 0.260 e. The first-order chi connectivity index (χ1) is 14.2. The SMILES string of the molecule is CCc1cccc(NC(=O)c2cc(Oc3cncc(OC)c3)cn3cnnc23)n1. The van der Waals surface area contributed by atoms with Crippen molar-refractivity contribution in [3.63, 3.8) is 0 Å². The number of methoxy groups -OCH3 is 1. The largest absolute Gasteiger partial charge is 0.495 e. The van der Waals surface area contributed by atoms with Crippen LogP contribution in [0.5, 0.6) is 17.2 Å². The quantitative estimate of drug-likeness (QED) is 0.539. The Kier molecular flexibility index (Phi) is 5.02. The van der Waals surface area contributed by atoms with Crippen LogP contribution >= 0.6 is 0 Å². The van der Waals surface area contributed by atoms with E-state index in [-0.39, 0.29) is 5.91 Å². The third-order valence-electron chi connectivity index (χ3n) is 4.18. The molecule has 0 spiro atoms. The minimum Gasteiger partial charge on any atom is -0.495 e. The van der Waals surface area contributed by atoms with Gasteiger partial charge in [-0.3, -0.25) is 14.2 Å². The van der Waals surface area contributed by atoms with E-state index in [1.807, 2.05) is 19.1 Å². The molecule has 0 atom stereocenters. The summed E-state index contributed by atoms with van der Waals surface area (Å²) in [5.74, 6) is 1.56. The van der Waals surface area contributed by atoms with Crippen LogP contribution < -0.4 is 14.8 Å². The Hall–Kier alpha value is -4.01. The van der Waals surface area contributed by atoms with Crippen molar-refractivity contribution in [1.29, 1.82) is 0 Å². The number of aromatic nitrogens is 5. The molecule has 0 unspecified atom stereocenters. The van der Waals surface area contributed by atoms with Crippen molar-refractivity contribution in [2.75, 3.05) is 12.4 Å². The van der Waals surface area contributed by atoms with E-state index in [1.54, 1.807) is 48.3 Å². The topological polar surface area (TPSA) is 104 Å². The molecule has 0 aromatic carbocycles. The standard InChI is InChI=1S/C20H18N6O3/c1-3-13-5-4-6-18(23-13)24-20(27)17-8-16(11-26-12-22-25-19(17)26)29-15-7-14(28-2)9-21-10-15/h4-12H,3H2,1-2H3,(H,23,24,27). The van der Waals surface area contributed by atoms with Crippen LogP contribution in [0.25, 0.3) is 5.65 Å². The molecule has 0 saturated heterocycles. The van der Waals surface area contributed by atoms with Gasteiger partial charge in [0.15, 0.2) is 5.65 Å². The highest BCUT2D eigenvalue weighted by Gasteiger charge is 2.16. The first-order valence-corrected chi connectivity index (χ1v) is 8.94. The van der Waals surface area contributed by atoms with Crippen LogP contribution in [-0.4, -0.2) is 37.6 Å². The zero-order valence-corrected chi connectivity index (χ0v) is 15.9. The Morgan fingerprint density at radius 2 is 2.03 bits per heavy atom. The predicted octanol–water partition coefficient (Wildman–Crippen LogP) is 3.13. The van der Waals surface area contributed by atoms with Crippen molar-refractivity contribution >= 4 is 17.4 Å². The van der Waals surface area contributed by atoms with Gasteiger partial charge in [0.2, 0.25) is 0 Å². The Morgan fingerprint density at radius 3 is 2.86 bits per heavy atom. The van der Waals surface area contributed by atoms with Gasteiger partial charge < -0.3 is 14.8 Å². The highest BCUT2D eigenvalue weighted by atomic mass is 16.5. The number of carbonyl (C=O) groups is 1. The summed E-state index contributed by atoms with van der Waals surface area (Å²) in [5, 5.41) is 10.7. The van der Waals surface area contributed by atoms with Gasteiger partial charge in [0.25, 0.3) is 5.91 Å². The first-order valence-electron chi connectivity index (χ1n) is 8.94. The van der Waals surface area contributed by atoms with Gasteiger partial charge in [0, 0.05) is 11.8 Å². The number of pyridine rings is 3. The zero-order chi connectivity index (χ0) is 20.2. The van der Waals surface area contributed by atoms with Crippen LogP contribution in [0.1, 0.15) is 23.0 Å². The van der Waals surface area contributed by atoms with Crippen LogP contribution in [-0.2, 0) is 6.42 Å². The normalized spacial score (nSPS) is 10.7. The van der Waals surface area contributed by atoms with Gasteiger partial charge in [0.1, 0.15) is 29.4 Å². The van der Waals surface area contributed by atoms with E-state index < -0.39 is 0 Å². The second kappa shape index (κ2) is 7.93. The average molecular weight is 390 g/mol.